The van der Waals surface area contributed by atoms with Crippen LogP contribution in [0.5, 0.6) is 0 Å². The van der Waals surface area contributed by atoms with Gasteiger partial charge < -0.3 is 15.5 Å². The molecule has 10 heteroatoms. The van der Waals surface area contributed by atoms with Crippen molar-refractivity contribution in [1.29, 1.82) is 5.41 Å². The van der Waals surface area contributed by atoms with Crippen molar-refractivity contribution in [2.45, 2.75) is 26.8 Å². The second kappa shape index (κ2) is 9.98. The molecule has 6 aromatic rings. The van der Waals surface area contributed by atoms with Gasteiger partial charge in [0.15, 0.2) is 0 Å². The molecule has 0 fully saturated rings. The lowest BCUT2D eigenvalue weighted by atomic mass is 9.97. The molecule has 1 atom stereocenters. The van der Waals surface area contributed by atoms with E-state index in [1.54, 1.807) is 25.1 Å². The van der Waals surface area contributed by atoms with E-state index in [-0.39, 0.29) is 39.4 Å². The van der Waals surface area contributed by atoms with Crippen LogP contribution in [0.25, 0.3) is 33.0 Å². The largest absolute Gasteiger partial charge is 0.458 e. The second-order valence-electron chi connectivity index (χ2n) is 9.96. The van der Waals surface area contributed by atoms with Gasteiger partial charge in [-0.2, -0.15) is 5.10 Å². The van der Waals surface area contributed by atoms with Gasteiger partial charge in [-0.3, -0.25) is 15.3 Å². The fraction of sp³-hybridized carbons (Fsp3) is 0.129. The lowest BCUT2D eigenvalue weighted by Gasteiger charge is -2.20. The highest BCUT2D eigenvalue weighted by Crippen LogP contribution is 2.33. The third-order valence-corrected chi connectivity index (χ3v) is 7.11. The third kappa shape index (κ3) is 4.49. The highest BCUT2D eigenvalue weighted by atomic mass is 19.1. The van der Waals surface area contributed by atoms with Gasteiger partial charge in [0.1, 0.15) is 40.5 Å². The summed E-state index contributed by atoms with van der Waals surface area (Å²) in [6, 6.07) is 16.6. The van der Waals surface area contributed by atoms with Crippen LogP contribution >= 0.6 is 0 Å². The molecule has 0 spiro atoms. The number of aryl methyl sites for hydroxylation is 2. The Morgan fingerprint density at radius 3 is 2.71 bits per heavy atom. The molecule has 0 saturated carbocycles. The van der Waals surface area contributed by atoms with Crippen LogP contribution in [0, 0.1) is 25.1 Å². The molecule has 0 aliphatic rings. The molecule has 0 radical (unpaired) electrons. The number of benzene rings is 3. The Balaban J connectivity index is 1.46. The molecule has 204 valence electrons. The molecule has 0 saturated heterocycles. The van der Waals surface area contributed by atoms with E-state index < -0.39 is 17.3 Å². The average Bonchev–Trinajstić information content (AvgIpc) is 3.32. The fourth-order valence-corrected chi connectivity index (χ4v) is 5.07. The first-order valence-corrected chi connectivity index (χ1v) is 13.0. The van der Waals surface area contributed by atoms with E-state index in [1.165, 1.54) is 18.5 Å². The summed E-state index contributed by atoms with van der Waals surface area (Å²) in [5.41, 5.74) is 10.3. The lowest BCUT2D eigenvalue weighted by Crippen LogP contribution is -2.19. The van der Waals surface area contributed by atoms with Crippen LogP contribution in [0.1, 0.15) is 41.1 Å². The molecule has 0 unspecified atom stereocenters. The quantitative estimate of drug-likeness (QED) is 0.186. The topological polar surface area (TPSA) is 147 Å². The Morgan fingerprint density at radius 2 is 1.90 bits per heavy atom. The minimum Gasteiger partial charge on any atom is -0.458 e. The molecule has 3 heterocycles. The SMILES string of the molecule is Cc1cccc(-c2c([C@H](C)Nc3ncnc(N)c3C(=N)c3ccc4c(C)[nH]nc4c3)oc3cccc(F)c3c2=O)c1. The van der Waals surface area contributed by atoms with Crippen molar-refractivity contribution in [3.63, 3.8) is 0 Å². The van der Waals surface area contributed by atoms with Crippen molar-refractivity contribution >= 4 is 39.2 Å². The summed E-state index contributed by atoms with van der Waals surface area (Å²) in [7, 11) is 0. The van der Waals surface area contributed by atoms with Crippen molar-refractivity contribution in [2.24, 2.45) is 0 Å². The predicted octanol–water partition coefficient (Wildman–Crippen LogP) is 6.05. The molecular weight excluding hydrogens is 521 g/mol. The minimum atomic E-state index is -0.652. The summed E-state index contributed by atoms with van der Waals surface area (Å²) >= 11 is 0. The Morgan fingerprint density at radius 1 is 1.10 bits per heavy atom. The maximum Gasteiger partial charge on any atom is 0.203 e. The van der Waals surface area contributed by atoms with E-state index in [4.69, 9.17) is 15.6 Å². The van der Waals surface area contributed by atoms with Crippen LogP contribution in [0.15, 0.2) is 76.2 Å². The number of nitrogens with two attached hydrogens (primary N) is 1. The lowest BCUT2D eigenvalue weighted by molar-refractivity contribution is 0.513. The zero-order valence-corrected chi connectivity index (χ0v) is 22.5. The maximum atomic E-state index is 14.8. The standard InChI is InChI=1S/C31H26FN7O2/c1-15-6-4-7-18(12-15)24-28(40)25-21(32)8-5-9-23(25)41-29(24)17(3)37-31-26(30(34)35-14-36-31)27(33)19-10-11-20-16(2)38-39-22(20)13-19/h4-14,17,33H,1-3H3,(H,38,39)(H3,34,35,36,37)/t17-/m0/s1. The molecule has 0 aliphatic heterocycles. The van der Waals surface area contributed by atoms with E-state index in [0.29, 0.717) is 16.9 Å². The maximum absolute atomic E-state index is 14.8. The molecular formula is C31H26FN7O2. The fourth-order valence-electron chi connectivity index (χ4n) is 5.07. The number of halogens is 1. The first-order valence-electron chi connectivity index (χ1n) is 13.0. The highest BCUT2D eigenvalue weighted by molar-refractivity contribution is 6.17. The number of aromatic amines is 1. The molecule has 0 bridgehead atoms. The molecule has 3 aromatic heterocycles. The van der Waals surface area contributed by atoms with E-state index in [9.17, 15) is 9.18 Å². The van der Waals surface area contributed by atoms with E-state index >= 15 is 0 Å². The summed E-state index contributed by atoms with van der Waals surface area (Å²) in [4.78, 5) is 22.3. The normalized spacial score (nSPS) is 12.1. The molecule has 3 aromatic carbocycles. The molecule has 41 heavy (non-hydrogen) atoms. The van der Waals surface area contributed by atoms with Gasteiger partial charge in [-0.05, 0) is 44.5 Å². The Hall–Kier alpha value is -5.38. The number of H-pyrrole nitrogens is 1. The number of fused-ring (bicyclic) bond motifs is 2. The monoisotopic (exact) mass is 547 g/mol. The number of hydrogen-bond acceptors (Lipinski definition) is 8. The summed E-state index contributed by atoms with van der Waals surface area (Å²) in [5, 5.41) is 20.4. The molecule has 9 nitrogen and oxygen atoms in total. The number of nitrogens with zero attached hydrogens (tertiary/aromatic N) is 3. The summed E-state index contributed by atoms with van der Waals surface area (Å²) in [5.74, 6) is 0.0342. The van der Waals surface area contributed by atoms with E-state index in [1.807, 2.05) is 44.2 Å². The number of nitrogens with one attached hydrogen (secondary N) is 3. The Labute approximate surface area is 233 Å². The smallest absolute Gasteiger partial charge is 0.203 e. The Bertz CT molecular complexity index is 2050. The molecule has 6 rings (SSSR count). The van der Waals surface area contributed by atoms with Crippen LogP contribution in [0.4, 0.5) is 16.0 Å². The number of nitrogen functional groups attached to an aromatic ring is 1. The van der Waals surface area contributed by atoms with Gasteiger partial charge in [0, 0.05) is 16.6 Å². The number of aromatic nitrogens is 4. The van der Waals surface area contributed by atoms with Crippen molar-refractivity contribution in [3.05, 3.63) is 111 Å². The van der Waals surface area contributed by atoms with Crippen molar-refractivity contribution in [3.8, 4) is 11.1 Å². The zero-order chi connectivity index (χ0) is 28.8. The van der Waals surface area contributed by atoms with Gasteiger partial charge >= 0.3 is 0 Å². The Kier molecular flexibility index (Phi) is 6.30. The number of rotatable bonds is 6. The highest BCUT2D eigenvalue weighted by Gasteiger charge is 2.25. The first-order chi connectivity index (χ1) is 19.7. The average molecular weight is 548 g/mol. The summed E-state index contributed by atoms with van der Waals surface area (Å²) in [6.45, 7) is 5.64. The molecule has 0 amide bonds. The van der Waals surface area contributed by atoms with Crippen LogP contribution in [0.3, 0.4) is 0 Å². The van der Waals surface area contributed by atoms with Crippen LogP contribution < -0.4 is 16.5 Å². The van der Waals surface area contributed by atoms with Gasteiger partial charge in [-0.1, -0.05) is 48.0 Å². The van der Waals surface area contributed by atoms with E-state index in [0.717, 1.165) is 22.2 Å². The molecule has 0 aliphatic carbocycles. The summed E-state index contributed by atoms with van der Waals surface area (Å²) < 4.78 is 21.0. The first kappa shape index (κ1) is 25.9. The third-order valence-electron chi connectivity index (χ3n) is 7.11. The minimum absolute atomic E-state index is 0.0984. The van der Waals surface area contributed by atoms with Gasteiger partial charge in [0.05, 0.1) is 28.4 Å². The van der Waals surface area contributed by atoms with Gasteiger partial charge in [0.25, 0.3) is 0 Å². The van der Waals surface area contributed by atoms with Gasteiger partial charge in [-0.15, -0.1) is 0 Å². The van der Waals surface area contributed by atoms with Crippen molar-refractivity contribution in [1.82, 2.24) is 20.2 Å². The number of anilines is 2. The van der Waals surface area contributed by atoms with Crippen LogP contribution in [0.2, 0.25) is 0 Å². The number of hydrogen-bond donors (Lipinski definition) is 4. The zero-order valence-electron chi connectivity index (χ0n) is 22.5. The predicted molar refractivity (Wildman–Crippen MR) is 158 cm³/mol. The molecule has 5 N–H and O–H groups in total. The van der Waals surface area contributed by atoms with Gasteiger partial charge in [0.2, 0.25) is 5.43 Å². The van der Waals surface area contributed by atoms with Crippen molar-refractivity contribution < 1.29 is 8.81 Å². The van der Waals surface area contributed by atoms with Gasteiger partial charge in [-0.25, -0.2) is 14.4 Å². The van der Waals surface area contributed by atoms with Crippen LogP contribution in [-0.4, -0.2) is 25.9 Å². The second-order valence-corrected chi connectivity index (χ2v) is 9.96. The summed E-state index contributed by atoms with van der Waals surface area (Å²) in [6.07, 6.45) is 1.30. The van der Waals surface area contributed by atoms with Crippen LogP contribution in [-0.2, 0) is 0 Å². The van der Waals surface area contributed by atoms with E-state index in [2.05, 4.69) is 25.5 Å². The van der Waals surface area contributed by atoms with Crippen molar-refractivity contribution in [2.75, 3.05) is 11.1 Å².